The molecular formula is C32H33ClF3NOS. The number of allylic oxidation sites excluding steroid dienone is 3. The van der Waals surface area contributed by atoms with Crippen molar-refractivity contribution >= 4 is 23.4 Å². The second kappa shape index (κ2) is 14.1. The lowest BCUT2D eigenvalue weighted by Gasteiger charge is -2.30. The minimum atomic E-state index is -4.50. The summed E-state index contributed by atoms with van der Waals surface area (Å²) >= 11 is 7.97. The van der Waals surface area contributed by atoms with Gasteiger partial charge < -0.3 is 4.74 Å². The van der Waals surface area contributed by atoms with Gasteiger partial charge in [-0.05, 0) is 66.5 Å². The number of ether oxygens (including phenoxy) is 1. The maximum atomic E-state index is 13.6. The molecule has 0 radical (unpaired) electrons. The number of nitrogens with zero attached hydrogens (tertiary/aromatic N) is 1. The number of hydrogen-bond acceptors (Lipinski definition) is 3. The standard InChI is InChI=1S/C32H33ClF3NOS/c1-39-28-17-9-16-27(21-28)38-20-10-19-37(22-26-15-8-18-30(31(26)33)32(34,35)36)23-29(24-11-4-2-5-12-24)25-13-6-3-7-14-25/h2,4-6,8-9,11-18,21,29H,3,7,10,19-20,22-23H2,1H3. The molecule has 206 valence electrons. The zero-order valence-corrected chi connectivity index (χ0v) is 23.5. The van der Waals surface area contributed by atoms with Crippen molar-refractivity contribution in [1.82, 2.24) is 4.90 Å². The van der Waals surface area contributed by atoms with E-state index in [0.717, 1.165) is 36.0 Å². The van der Waals surface area contributed by atoms with Crippen LogP contribution in [0.1, 0.15) is 41.9 Å². The molecule has 7 heteroatoms. The molecule has 0 N–H and O–H groups in total. The van der Waals surface area contributed by atoms with Crippen LogP contribution in [-0.4, -0.2) is 30.9 Å². The Hall–Kier alpha value is -2.67. The largest absolute Gasteiger partial charge is 0.494 e. The highest BCUT2D eigenvalue weighted by Gasteiger charge is 2.34. The van der Waals surface area contributed by atoms with Gasteiger partial charge in [-0.2, -0.15) is 13.2 Å². The highest BCUT2D eigenvalue weighted by Crippen LogP contribution is 2.37. The normalized spacial score (nSPS) is 14.4. The summed E-state index contributed by atoms with van der Waals surface area (Å²) in [5.41, 5.74) is 2.09. The molecule has 3 aromatic rings. The molecule has 39 heavy (non-hydrogen) atoms. The number of rotatable bonds is 12. The summed E-state index contributed by atoms with van der Waals surface area (Å²) in [4.78, 5) is 3.33. The van der Waals surface area contributed by atoms with E-state index in [1.54, 1.807) is 17.8 Å². The molecule has 0 aromatic heterocycles. The van der Waals surface area contributed by atoms with Crippen LogP contribution >= 0.6 is 23.4 Å². The third-order valence-electron chi connectivity index (χ3n) is 6.78. The first-order valence-corrected chi connectivity index (χ1v) is 14.7. The summed E-state index contributed by atoms with van der Waals surface area (Å²) in [6.45, 7) is 2.11. The summed E-state index contributed by atoms with van der Waals surface area (Å²) in [6, 6.07) is 22.4. The molecule has 2 nitrogen and oxygen atoms in total. The van der Waals surface area contributed by atoms with E-state index in [4.69, 9.17) is 16.3 Å². The Bertz CT molecular complexity index is 1280. The Balaban J connectivity index is 1.55. The number of thioether (sulfide) groups is 1. The summed E-state index contributed by atoms with van der Waals surface area (Å²) < 4.78 is 46.7. The van der Waals surface area contributed by atoms with Crippen molar-refractivity contribution in [2.24, 2.45) is 0 Å². The molecule has 3 aromatic carbocycles. The van der Waals surface area contributed by atoms with Gasteiger partial charge in [-0.1, -0.05) is 78.4 Å². The maximum Gasteiger partial charge on any atom is 0.417 e. The van der Waals surface area contributed by atoms with E-state index in [0.29, 0.717) is 31.8 Å². The average Bonchev–Trinajstić information content (AvgIpc) is 2.95. The van der Waals surface area contributed by atoms with Crippen molar-refractivity contribution in [3.63, 3.8) is 0 Å². The molecule has 0 amide bonds. The van der Waals surface area contributed by atoms with Crippen molar-refractivity contribution in [1.29, 1.82) is 0 Å². The van der Waals surface area contributed by atoms with Gasteiger partial charge in [-0.25, -0.2) is 0 Å². The van der Waals surface area contributed by atoms with Crippen LogP contribution in [0.15, 0.2) is 101 Å². The van der Waals surface area contributed by atoms with E-state index in [1.807, 2.05) is 48.7 Å². The third kappa shape index (κ3) is 8.41. The quantitative estimate of drug-likeness (QED) is 0.159. The van der Waals surface area contributed by atoms with Gasteiger partial charge in [0.05, 0.1) is 17.2 Å². The predicted octanol–water partition coefficient (Wildman–Crippen LogP) is 9.41. The van der Waals surface area contributed by atoms with Crippen molar-refractivity contribution in [3.05, 3.63) is 118 Å². The van der Waals surface area contributed by atoms with Gasteiger partial charge in [0.15, 0.2) is 0 Å². The van der Waals surface area contributed by atoms with Crippen LogP contribution in [-0.2, 0) is 12.7 Å². The molecule has 1 aliphatic carbocycles. The zero-order chi connectivity index (χ0) is 27.7. The molecule has 0 spiro atoms. The Morgan fingerprint density at radius 3 is 2.51 bits per heavy atom. The Labute approximate surface area is 238 Å². The molecule has 1 atom stereocenters. The van der Waals surface area contributed by atoms with Gasteiger partial charge >= 0.3 is 6.18 Å². The monoisotopic (exact) mass is 571 g/mol. The Morgan fingerprint density at radius 1 is 1.00 bits per heavy atom. The van der Waals surface area contributed by atoms with Gasteiger partial charge in [-0.3, -0.25) is 4.90 Å². The fourth-order valence-electron chi connectivity index (χ4n) is 4.80. The molecule has 0 saturated carbocycles. The van der Waals surface area contributed by atoms with Gasteiger partial charge in [0.1, 0.15) is 5.75 Å². The van der Waals surface area contributed by atoms with Gasteiger partial charge in [-0.15, -0.1) is 11.8 Å². The smallest absolute Gasteiger partial charge is 0.417 e. The Kier molecular flexibility index (Phi) is 10.6. The average molecular weight is 572 g/mol. The van der Waals surface area contributed by atoms with Gasteiger partial charge in [0.2, 0.25) is 0 Å². The SMILES string of the molecule is CSc1cccc(OCCCN(Cc2cccc(C(F)(F)F)c2Cl)CC(C2=CCCC=C2)c2ccccc2)c1. The lowest BCUT2D eigenvalue weighted by molar-refractivity contribution is -0.137. The second-order valence-corrected chi connectivity index (χ2v) is 10.8. The van der Waals surface area contributed by atoms with E-state index in [2.05, 4.69) is 35.3 Å². The molecule has 0 heterocycles. The van der Waals surface area contributed by atoms with Crippen LogP contribution in [0, 0.1) is 0 Å². The van der Waals surface area contributed by atoms with Crippen LogP contribution in [0.3, 0.4) is 0 Å². The second-order valence-electron chi connectivity index (χ2n) is 9.54. The molecule has 4 rings (SSSR count). The third-order valence-corrected chi connectivity index (χ3v) is 7.95. The first-order valence-electron chi connectivity index (χ1n) is 13.1. The van der Waals surface area contributed by atoms with Gasteiger partial charge in [0.25, 0.3) is 0 Å². The lowest BCUT2D eigenvalue weighted by Crippen LogP contribution is -2.31. The molecule has 1 aliphatic rings. The van der Waals surface area contributed by atoms with Crippen LogP contribution < -0.4 is 4.74 Å². The van der Waals surface area contributed by atoms with E-state index in [1.165, 1.54) is 17.2 Å². The van der Waals surface area contributed by atoms with E-state index >= 15 is 0 Å². The summed E-state index contributed by atoms with van der Waals surface area (Å²) in [7, 11) is 0. The van der Waals surface area contributed by atoms with Crippen LogP contribution in [0.2, 0.25) is 5.02 Å². The minimum Gasteiger partial charge on any atom is -0.494 e. The van der Waals surface area contributed by atoms with Crippen LogP contribution in [0.5, 0.6) is 5.75 Å². The topological polar surface area (TPSA) is 12.5 Å². The Morgan fingerprint density at radius 2 is 1.79 bits per heavy atom. The zero-order valence-electron chi connectivity index (χ0n) is 22.0. The summed E-state index contributed by atoms with van der Waals surface area (Å²) in [5.74, 6) is 0.903. The van der Waals surface area contributed by atoms with E-state index in [9.17, 15) is 13.2 Å². The van der Waals surface area contributed by atoms with Gasteiger partial charge in [0, 0.05) is 30.4 Å². The fraction of sp³-hybridized carbons (Fsp3) is 0.312. The summed E-state index contributed by atoms with van der Waals surface area (Å²) in [6.07, 6.45) is 6.89. The highest BCUT2D eigenvalue weighted by molar-refractivity contribution is 7.98. The molecule has 0 aliphatic heterocycles. The number of hydrogen-bond donors (Lipinski definition) is 0. The minimum absolute atomic E-state index is 0.0894. The van der Waals surface area contributed by atoms with E-state index in [-0.39, 0.29) is 10.9 Å². The number of alkyl halides is 3. The number of benzene rings is 3. The summed E-state index contributed by atoms with van der Waals surface area (Å²) in [5, 5.41) is -0.229. The number of halogens is 4. The molecule has 1 unspecified atom stereocenters. The molecule has 0 bridgehead atoms. The van der Waals surface area contributed by atoms with Crippen molar-refractivity contribution in [3.8, 4) is 5.75 Å². The first kappa shape index (κ1) is 29.3. The highest BCUT2D eigenvalue weighted by atomic mass is 35.5. The van der Waals surface area contributed by atoms with Crippen LogP contribution in [0.4, 0.5) is 13.2 Å². The van der Waals surface area contributed by atoms with Crippen molar-refractivity contribution < 1.29 is 17.9 Å². The fourth-order valence-corrected chi connectivity index (χ4v) is 5.55. The van der Waals surface area contributed by atoms with Crippen molar-refractivity contribution in [2.45, 2.75) is 42.8 Å². The molecule has 0 fully saturated rings. The molecular weight excluding hydrogens is 539 g/mol. The predicted molar refractivity (Wildman–Crippen MR) is 156 cm³/mol. The first-order chi connectivity index (χ1) is 18.8. The lowest BCUT2D eigenvalue weighted by atomic mass is 9.87. The van der Waals surface area contributed by atoms with Crippen molar-refractivity contribution in [2.75, 3.05) is 26.0 Å². The van der Waals surface area contributed by atoms with E-state index < -0.39 is 11.7 Å². The maximum absolute atomic E-state index is 13.6. The molecule has 0 saturated heterocycles. The van der Waals surface area contributed by atoms with Crippen LogP contribution in [0.25, 0.3) is 0 Å².